The molecule has 4 heteroatoms. The zero-order valence-corrected chi connectivity index (χ0v) is 8.84. The Balaban J connectivity index is 3.00. The number of rotatable bonds is 3. The summed E-state index contributed by atoms with van der Waals surface area (Å²) in [6, 6.07) is 2.84. The normalized spacial score (nSPS) is 9.62. The molecule has 16 heavy (non-hydrogen) atoms. The van der Waals surface area contributed by atoms with Gasteiger partial charge in [-0.1, -0.05) is 5.92 Å². The largest absolute Gasteiger partial charge is 0.328 e. The minimum Gasteiger partial charge on any atom is -0.328 e. The fraction of sp³-hybridized carbons (Fsp3) is 0.250. The van der Waals surface area contributed by atoms with E-state index in [2.05, 4.69) is 5.92 Å². The minimum absolute atomic E-state index is 0.103. The van der Waals surface area contributed by atoms with Crippen molar-refractivity contribution in [3.63, 3.8) is 0 Å². The van der Waals surface area contributed by atoms with Gasteiger partial charge in [-0.05, 0) is 19.1 Å². The molecule has 0 aromatic heterocycles. The molecule has 84 valence electrons. The number of amides is 1. The SMILES string of the molecule is C#CCN(CC)C(=O)c1ccc(F)cc1F. The van der Waals surface area contributed by atoms with Crippen LogP contribution in [0.1, 0.15) is 17.3 Å². The quantitative estimate of drug-likeness (QED) is 0.718. The lowest BCUT2D eigenvalue weighted by Crippen LogP contribution is -2.31. The molecular weight excluding hydrogens is 212 g/mol. The fourth-order valence-electron chi connectivity index (χ4n) is 1.27. The molecule has 0 aliphatic rings. The molecular formula is C12H11F2NO. The van der Waals surface area contributed by atoms with Gasteiger partial charge >= 0.3 is 0 Å². The van der Waals surface area contributed by atoms with E-state index in [0.717, 1.165) is 12.1 Å². The van der Waals surface area contributed by atoms with Crippen LogP contribution in [0.25, 0.3) is 0 Å². The molecule has 0 aliphatic heterocycles. The standard InChI is InChI=1S/C12H11F2NO/c1-3-7-15(4-2)12(16)10-6-5-9(13)8-11(10)14/h1,5-6,8H,4,7H2,2H3. The molecule has 0 unspecified atom stereocenters. The first-order valence-corrected chi connectivity index (χ1v) is 4.78. The zero-order valence-electron chi connectivity index (χ0n) is 8.84. The molecule has 0 N–H and O–H groups in total. The molecule has 1 aromatic carbocycles. The first-order chi connectivity index (χ1) is 7.60. The van der Waals surface area contributed by atoms with Gasteiger partial charge in [0.15, 0.2) is 0 Å². The predicted molar refractivity (Wildman–Crippen MR) is 56.8 cm³/mol. The Labute approximate surface area is 92.9 Å². The van der Waals surface area contributed by atoms with Crippen molar-refractivity contribution in [1.29, 1.82) is 0 Å². The van der Waals surface area contributed by atoms with Crippen LogP contribution < -0.4 is 0 Å². The van der Waals surface area contributed by atoms with Gasteiger partial charge in [-0.3, -0.25) is 4.79 Å². The third-order valence-corrected chi connectivity index (χ3v) is 2.11. The fourth-order valence-corrected chi connectivity index (χ4v) is 1.27. The molecule has 0 saturated heterocycles. The summed E-state index contributed by atoms with van der Waals surface area (Å²) in [6.07, 6.45) is 5.09. The van der Waals surface area contributed by atoms with Crippen LogP contribution in [-0.2, 0) is 0 Å². The number of hydrogen-bond acceptors (Lipinski definition) is 1. The first kappa shape index (κ1) is 12.2. The summed E-state index contributed by atoms with van der Waals surface area (Å²) in [7, 11) is 0. The molecule has 0 atom stereocenters. The van der Waals surface area contributed by atoms with Crippen molar-refractivity contribution in [2.24, 2.45) is 0 Å². The lowest BCUT2D eigenvalue weighted by atomic mass is 10.2. The number of terminal acetylenes is 1. The third-order valence-electron chi connectivity index (χ3n) is 2.11. The molecule has 0 fully saturated rings. The Morgan fingerprint density at radius 2 is 2.19 bits per heavy atom. The molecule has 1 amide bonds. The predicted octanol–water partition coefficient (Wildman–Crippen LogP) is 2.06. The van der Waals surface area contributed by atoms with E-state index in [9.17, 15) is 13.6 Å². The number of halogens is 2. The average Bonchev–Trinajstić information content (AvgIpc) is 2.25. The van der Waals surface area contributed by atoms with Crippen LogP contribution in [0.4, 0.5) is 8.78 Å². The monoisotopic (exact) mass is 223 g/mol. The van der Waals surface area contributed by atoms with Crippen LogP contribution in [0.15, 0.2) is 18.2 Å². The highest BCUT2D eigenvalue weighted by Gasteiger charge is 2.17. The highest BCUT2D eigenvalue weighted by Crippen LogP contribution is 2.12. The maximum absolute atomic E-state index is 13.3. The summed E-state index contributed by atoms with van der Waals surface area (Å²) in [6.45, 7) is 2.21. The number of carbonyl (C=O) groups is 1. The van der Waals surface area contributed by atoms with Crippen LogP contribution in [0.3, 0.4) is 0 Å². The molecule has 2 nitrogen and oxygen atoms in total. The minimum atomic E-state index is -0.875. The van der Waals surface area contributed by atoms with E-state index >= 15 is 0 Å². The van der Waals surface area contributed by atoms with Gasteiger partial charge in [-0.2, -0.15) is 0 Å². The summed E-state index contributed by atoms with van der Waals surface area (Å²) >= 11 is 0. The van der Waals surface area contributed by atoms with Crippen molar-refractivity contribution < 1.29 is 13.6 Å². The topological polar surface area (TPSA) is 20.3 Å². The molecule has 0 aliphatic carbocycles. The van der Waals surface area contributed by atoms with E-state index in [1.807, 2.05) is 0 Å². The van der Waals surface area contributed by atoms with Gasteiger partial charge in [-0.15, -0.1) is 6.42 Å². The molecule has 0 bridgehead atoms. The van der Waals surface area contributed by atoms with Crippen molar-refractivity contribution in [2.45, 2.75) is 6.92 Å². The van der Waals surface area contributed by atoms with Crippen LogP contribution in [-0.4, -0.2) is 23.9 Å². The van der Waals surface area contributed by atoms with E-state index in [4.69, 9.17) is 6.42 Å². The molecule has 0 heterocycles. The number of hydrogen-bond donors (Lipinski definition) is 0. The summed E-state index contributed by atoms with van der Waals surface area (Å²) < 4.78 is 25.9. The van der Waals surface area contributed by atoms with E-state index in [0.29, 0.717) is 12.6 Å². The van der Waals surface area contributed by atoms with Crippen LogP contribution in [0, 0.1) is 24.0 Å². The van der Waals surface area contributed by atoms with Crippen molar-refractivity contribution in [3.8, 4) is 12.3 Å². The highest BCUT2D eigenvalue weighted by atomic mass is 19.1. The third kappa shape index (κ3) is 2.57. The molecule has 0 spiro atoms. The molecule has 0 saturated carbocycles. The van der Waals surface area contributed by atoms with Crippen molar-refractivity contribution >= 4 is 5.91 Å². The van der Waals surface area contributed by atoms with Gasteiger partial charge < -0.3 is 4.90 Å². The Hall–Kier alpha value is -1.89. The van der Waals surface area contributed by atoms with Crippen LogP contribution in [0.2, 0.25) is 0 Å². The summed E-state index contributed by atoms with van der Waals surface area (Å²) in [5.41, 5.74) is -0.168. The second-order valence-corrected chi connectivity index (χ2v) is 3.15. The van der Waals surface area contributed by atoms with Gasteiger partial charge in [0.05, 0.1) is 12.1 Å². The maximum atomic E-state index is 13.3. The van der Waals surface area contributed by atoms with Crippen LogP contribution >= 0.6 is 0 Å². The van der Waals surface area contributed by atoms with E-state index < -0.39 is 17.5 Å². The Morgan fingerprint density at radius 1 is 1.50 bits per heavy atom. The van der Waals surface area contributed by atoms with Gasteiger partial charge in [0, 0.05) is 12.6 Å². The van der Waals surface area contributed by atoms with Gasteiger partial charge in [0.1, 0.15) is 11.6 Å². The number of carbonyl (C=O) groups excluding carboxylic acids is 1. The lowest BCUT2D eigenvalue weighted by Gasteiger charge is -2.18. The second-order valence-electron chi connectivity index (χ2n) is 3.15. The van der Waals surface area contributed by atoms with Gasteiger partial charge in [0.25, 0.3) is 5.91 Å². The molecule has 1 rings (SSSR count). The molecule has 0 radical (unpaired) electrons. The van der Waals surface area contributed by atoms with E-state index in [1.54, 1.807) is 6.92 Å². The Morgan fingerprint density at radius 3 is 2.69 bits per heavy atom. The number of benzene rings is 1. The first-order valence-electron chi connectivity index (χ1n) is 4.78. The smallest absolute Gasteiger partial charge is 0.257 e. The lowest BCUT2D eigenvalue weighted by molar-refractivity contribution is 0.0780. The Bertz CT molecular complexity index is 437. The summed E-state index contributed by atoms with van der Waals surface area (Å²) in [5, 5.41) is 0. The second kappa shape index (κ2) is 5.26. The van der Waals surface area contributed by atoms with Gasteiger partial charge in [0.2, 0.25) is 0 Å². The van der Waals surface area contributed by atoms with Crippen molar-refractivity contribution in [1.82, 2.24) is 4.90 Å². The van der Waals surface area contributed by atoms with E-state index in [-0.39, 0.29) is 12.1 Å². The van der Waals surface area contributed by atoms with E-state index in [1.165, 1.54) is 4.90 Å². The van der Waals surface area contributed by atoms with Crippen molar-refractivity contribution in [3.05, 3.63) is 35.4 Å². The number of nitrogens with zero attached hydrogens (tertiary/aromatic N) is 1. The Kier molecular flexibility index (Phi) is 4.01. The highest BCUT2D eigenvalue weighted by molar-refractivity contribution is 5.94. The zero-order chi connectivity index (χ0) is 12.1. The summed E-state index contributed by atoms with van der Waals surface area (Å²) in [4.78, 5) is 13.1. The van der Waals surface area contributed by atoms with Crippen LogP contribution in [0.5, 0.6) is 0 Å². The molecule has 1 aromatic rings. The van der Waals surface area contributed by atoms with Gasteiger partial charge in [-0.25, -0.2) is 8.78 Å². The summed E-state index contributed by atoms with van der Waals surface area (Å²) in [5.74, 6) is 0.191. The maximum Gasteiger partial charge on any atom is 0.257 e. The average molecular weight is 223 g/mol. The van der Waals surface area contributed by atoms with Crippen molar-refractivity contribution in [2.75, 3.05) is 13.1 Å².